The Morgan fingerprint density at radius 1 is 1.11 bits per heavy atom. The Labute approximate surface area is 218 Å². The van der Waals surface area contributed by atoms with Gasteiger partial charge in [0.15, 0.2) is 0 Å². The van der Waals surface area contributed by atoms with Crippen molar-refractivity contribution in [3.05, 3.63) is 81.4 Å². The minimum atomic E-state index is -0.667. The molecule has 0 radical (unpaired) electrons. The Balaban J connectivity index is 1.52. The third-order valence-electron chi connectivity index (χ3n) is 6.49. The van der Waals surface area contributed by atoms with E-state index in [1.807, 2.05) is 34.6 Å². The normalized spacial score (nSPS) is 14.6. The van der Waals surface area contributed by atoms with E-state index in [0.717, 1.165) is 16.6 Å². The van der Waals surface area contributed by atoms with Gasteiger partial charge in [0, 0.05) is 41.5 Å². The predicted octanol–water partition coefficient (Wildman–Crippen LogP) is 4.95. The number of aryl methyl sites for hydroxylation is 1. The molecule has 192 valence electrons. The van der Waals surface area contributed by atoms with Crippen molar-refractivity contribution in [2.75, 3.05) is 6.54 Å². The number of rotatable bonds is 3. The van der Waals surface area contributed by atoms with Gasteiger partial charge >= 0.3 is 6.09 Å². The van der Waals surface area contributed by atoms with Crippen molar-refractivity contribution in [3.63, 3.8) is 0 Å². The summed E-state index contributed by atoms with van der Waals surface area (Å²) in [5.41, 5.74) is 2.04. The molecule has 0 spiro atoms. The Morgan fingerprint density at radius 2 is 1.86 bits per heavy atom. The highest BCUT2D eigenvalue weighted by Gasteiger charge is 2.32. The maximum absolute atomic E-state index is 13.6. The smallest absolute Gasteiger partial charge is 0.419 e. The molecule has 4 heterocycles. The lowest BCUT2D eigenvalue weighted by Crippen LogP contribution is -2.45. The van der Waals surface area contributed by atoms with Gasteiger partial charge in [0.05, 0.1) is 23.6 Å². The molecule has 1 amide bonds. The summed E-state index contributed by atoms with van der Waals surface area (Å²) in [6, 6.07) is 8.20. The zero-order chi connectivity index (χ0) is 26.6. The first-order chi connectivity index (χ1) is 17.4. The lowest BCUT2D eigenvalue weighted by Gasteiger charge is -2.34. The van der Waals surface area contributed by atoms with Gasteiger partial charge in [-0.15, -0.1) is 0 Å². The molecule has 0 saturated carbocycles. The number of hydrogen-bond donors (Lipinski definition) is 0. The van der Waals surface area contributed by atoms with Crippen molar-refractivity contribution in [1.29, 1.82) is 0 Å². The second-order valence-electron chi connectivity index (χ2n) is 10.3. The number of aromatic nitrogens is 4. The van der Waals surface area contributed by atoms with Gasteiger partial charge in [0.1, 0.15) is 17.0 Å². The summed E-state index contributed by atoms with van der Waals surface area (Å²) < 4.78 is 10.2. The summed E-state index contributed by atoms with van der Waals surface area (Å²) in [5.74, 6) is -0.260. The molecule has 0 bridgehead atoms. The Kier molecular flexibility index (Phi) is 5.98. The first kappa shape index (κ1) is 24.8. The van der Waals surface area contributed by atoms with E-state index < -0.39 is 17.7 Å². The second kappa shape index (κ2) is 8.92. The summed E-state index contributed by atoms with van der Waals surface area (Å²) in [4.78, 5) is 45.7. The van der Waals surface area contributed by atoms with E-state index in [1.165, 1.54) is 9.13 Å². The number of imidazole rings is 1. The molecule has 0 aliphatic carbocycles. The molecule has 5 rings (SSSR count). The SMILES string of the molecule is Cc1cn(-c2ccc3n(c2=O)CCN(C(C)c2cn(C(=O)OC(C)(C)C)c4ccc(Cl)cc24)C3=O)cn1. The molecule has 9 nitrogen and oxygen atoms in total. The molecule has 3 aromatic heterocycles. The van der Waals surface area contributed by atoms with Crippen molar-refractivity contribution < 1.29 is 14.3 Å². The molecule has 1 unspecified atom stereocenters. The number of fused-ring (bicyclic) bond motifs is 2. The molecular weight excluding hydrogens is 494 g/mol. The standard InChI is InChI=1S/C27H28ClN5O4/c1-16-13-30(15-29-16)22-8-9-23-25(35)31(10-11-32(23)24(22)34)17(2)20-14-33(26(36)37-27(3,4)5)21-7-6-18(28)12-19(20)21/h6-9,12-15,17H,10-11H2,1-5H3. The topological polar surface area (TPSA) is 91.4 Å². The summed E-state index contributed by atoms with van der Waals surface area (Å²) in [7, 11) is 0. The lowest BCUT2D eigenvalue weighted by atomic mass is 10.0. The van der Waals surface area contributed by atoms with Gasteiger partial charge in [-0.3, -0.25) is 14.2 Å². The molecule has 1 aliphatic heterocycles. The summed E-state index contributed by atoms with van der Waals surface area (Å²) >= 11 is 6.31. The maximum atomic E-state index is 13.6. The quantitative estimate of drug-likeness (QED) is 0.380. The zero-order valence-corrected chi connectivity index (χ0v) is 22.1. The van der Waals surface area contributed by atoms with Crippen LogP contribution in [0.4, 0.5) is 4.79 Å². The van der Waals surface area contributed by atoms with E-state index in [4.69, 9.17) is 16.3 Å². The Bertz CT molecular complexity index is 1610. The van der Waals surface area contributed by atoms with Crippen LogP contribution in [0.3, 0.4) is 0 Å². The highest BCUT2D eigenvalue weighted by atomic mass is 35.5. The zero-order valence-electron chi connectivity index (χ0n) is 21.4. The average molecular weight is 522 g/mol. The molecule has 10 heteroatoms. The molecular formula is C27H28ClN5O4. The average Bonchev–Trinajstić information content (AvgIpc) is 3.42. The van der Waals surface area contributed by atoms with Gasteiger partial charge in [-0.05, 0) is 65.0 Å². The van der Waals surface area contributed by atoms with Crippen LogP contribution in [-0.2, 0) is 11.3 Å². The van der Waals surface area contributed by atoms with Crippen molar-refractivity contribution >= 4 is 34.5 Å². The van der Waals surface area contributed by atoms with Crippen LogP contribution in [0.1, 0.15) is 55.5 Å². The summed E-state index contributed by atoms with van der Waals surface area (Å²) in [6.07, 6.45) is 4.55. The predicted molar refractivity (Wildman–Crippen MR) is 141 cm³/mol. The van der Waals surface area contributed by atoms with Gasteiger partial charge in [0.25, 0.3) is 11.5 Å². The molecule has 1 aliphatic rings. The van der Waals surface area contributed by atoms with Crippen LogP contribution in [0.15, 0.2) is 53.8 Å². The minimum absolute atomic E-state index is 0.246. The lowest BCUT2D eigenvalue weighted by molar-refractivity contribution is 0.0544. The molecule has 0 saturated heterocycles. The molecule has 4 aromatic rings. The second-order valence-corrected chi connectivity index (χ2v) is 10.7. The van der Waals surface area contributed by atoms with Crippen molar-refractivity contribution in [2.24, 2.45) is 0 Å². The van der Waals surface area contributed by atoms with Crippen LogP contribution < -0.4 is 5.56 Å². The van der Waals surface area contributed by atoms with Crippen LogP contribution in [0.5, 0.6) is 0 Å². The number of carbonyl (C=O) groups is 2. The van der Waals surface area contributed by atoms with Gasteiger partial charge < -0.3 is 18.8 Å². The number of pyridine rings is 1. The van der Waals surface area contributed by atoms with Gasteiger partial charge in [-0.1, -0.05) is 11.6 Å². The van der Waals surface area contributed by atoms with Crippen LogP contribution in [0, 0.1) is 6.92 Å². The number of nitrogens with zero attached hydrogens (tertiary/aromatic N) is 5. The number of hydrogen-bond acceptors (Lipinski definition) is 5. The van der Waals surface area contributed by atoms with Crippen LogP contribution >= 0.6 is 11.6 Å². The Morgan fingerprint density at radius 3 is 2.54 bits per heavy atom. The van der Waals surface area contributed by atoms with E-state index in [1.54, 1.807) is 58.5 Å². The monoisotopic (exact) mass is 521 g/mol. The van der Waals surface area contributed by atoms with Crippen LogP contribution in [0.2, 0.25) is 5.02 Å². The third-order valence-corrected chi connectivity index (χ3v) is 6.73. The van der Waals surface area contributed by atoms with Gasteiger partial charge in [-0.2, -0.15) is 0 Å². The maximum Gasteiger partial charge on any atom is 0.419 e. The first-order valence-corrected chi connectivity index (χ1v) is 12.4. The minimum Gasteiger partial charge on any atom is -0.443 e. The molecule has 1 aromatic carbocycles. The molecule has 0 N–H and O–H groups in total. The first-order valence-electron chi connectivity index (χ1n) is 12.0. The third kappa shape index (κ3) is 4.44. The number of ether oxygens (including phenoxy) is 1. The van der Waals surface area contributed by atoms with E-state index in [2.05, 4.69) is 4.98 Å². The van der Waals surface area contributed by atoms with Crippen molar-refractivity contribution in [1.82, 2.24) is 23.6 Å². The van der Waals surface area contributed by atoms with Crippen molar-refractivity contribution in [2.45, 2.75) is 52.8 Å². The molecule has 37 heavy (non-hydrogen) atoms. The fraction of sp³-hybridized carbons (Fsp3) is 0.333. The number of halogens is 1. The largest absolute Gasteiger partial charge is 0.443 e. The Hall–Kier alpha value is -3.85. The van der Waals surface area contributed by atoms with Gasteiger partial charge in [-0.25, -0.2) is 9.78 Å². The van der Waals surface area contributed by atoms with E-state index in [-0.39, 0.29) is 11.5 Å². The summed E-state index contributed by atoms with van der Waals surface area (Å²) in [5, 5.41) is 1.28. The van der Waals surface area contributed by atoms with E-state index in [9.17, 15) is 14.4 Å². The fourth-order valence-corrected chi connectivity index (χ4v) is 4.91. The highest BCUT2D eigenvalue weighted by molar-refractivity contribution is 6.31. The van der Waals surface area contributed by atoms with Gasteiger partial charge in [0.2, 0.25) is 0 Å². The van der Waals surface area contributed by atoms with E-state index in [0.29, 0.717) is 35.0 Å². The molecule has 1 atom stereocenters. The highest BCUT2D eigenvalue weighted by Crippen LogP contribution is 2.34. The molecule has 0 fully saturated rings. The number of amides is 1. The van der Waals surface area contributed by atoms with Crippen LogP contribution in [-0.4, -0.2) is 47.7 Å². The number of carbonyl (C=O) groups excluding carboxylic acids is 2. The summed E-state index contributed by atoms with van der Waals surface area (Å²) in [6.45, 7) is 9.86. The van der Waals surface area contributed by atoms with Crippen molar-refractivity contribution in [3.8, 4) is 5.69 Å². The number of benzene rings is 1. The van der Waals surface area contributed by atoms with E-state index >= 15 is 0 Å². The van der Waals surface area contributed by atoms with Crippen LogP contribution in [0.25, 0.3) is 16.6 Å². The fourth-order valence-electron chi connectivity index (χ4n) is 4.74.